The Morgan fingerprint density at radius 3 is 2.13 bits per heavy atom. The van der Waals surface area contributed by atoms with Crippen molar-refractivity contribution >= 4 is 5.78 Å². The van der Waals surface area contributed by atoms with Gasteiger partial charge in [-0.05, 0) is 26.8 Å². The Hall–Kier alpha value is -0.370. The third-order valence-electron chi connectivity index (χ3n) is 2.78. The second-order valence-corrected chi connectivity index (χ2v) is 4.89. The first-order valence-corrected chi connectivity index (χ1v) is 6.25. The maximum atomic E-state index is 11.6. The number of rotatable bonds is 8. The van der Waals surface area contributed by atoms with Gasteiger partial charge in [0, 0.05) is 12.0 Å². The molecule has 0 amide bonds. The van der Waals surface area contributed by atoms with Crippen molar-refractivity contribution in [2.24, 2.45) is 5.92 Å². The summed E-state index contributed by atoms with van der Waals surface area (Å²) >= 11 is 0. The maximum Gasteiger partial charge on any atom is 0.149 e. The van der Waals surface area contributed by atoms with Crippen LogP contribution in [0.25, 0.3) is 0 Å². The van der Waals surface area contributed by atoms with Crippen LogP contribution in [0.3, 0.4) is 0 Å². The number of carbonyl (C=O) groups excluding carboxylic acids is 1. The number of hydrogen-bond donors (Lipinski definition) is 0. The molecule has 0 unspecified atom stereocenters. The third-order valence-corrected chi connectivity index (χ3v) is 2.78. The van der Waals surface area contributed by atoms with E-state index in [0.29, 0.717) is 18.4 Å². The molecule has 0 aliphatic rings. The van der Waals surface area contributed by atoms with E-state index < -0.39 is 0 Å². The molecular weight excluding hydrogens is 186 g/mol. The zero-order valence-corrected chi connectivity index (χ0v) is 11.0. The van der Waals surface area contributed by atoms with Gasteiger partial charge < -0.3 is 0 Å². The predicted molar refractivity (Wildman–Crippen MR) is 66.1 cm³/mol. The number of unbranched alkanes of at least 4 members (excludes halogenated alkanes) is 2. The van der Waals surface area contributed by atoms with Gasteiger partial charge >= 0.3 is 0 Å². The molecule has 0 aliphatic heterocycles. The van der Waals surface area contributed by atoms with E-state index in [1.54, 1.807) is 0 Å². The molecule has 0 aliphatic carbocycles. The minimum atomic E-state index is 0.164. The fourth-order valence-corrected chi connectivity index (χ4v) is 1.47. The van der Waals surface area contributed by atoms with Crippen LogP contribution in [0.5, 0.6) is 0 Å². The standard InChI is InChI=1S/C13H27NO/c1-6-7-8-9-14(12(4)5)10-13(15)11(2)3/h11-12H,6-10H2,1-5H3. The monoisotopic (exact) mass is 213 g/mol. The van der Waals surface area contributed by atoms with Gasteiger partial charge in [-0.15, -0.1) is 0 Å². The van der Waals surface area contributed by atoms with Gasteiger partial charge in [0.1, 0.15) is 5.78 Å². The highest BCUT2D eigenvalue weighted by Crippen LogP contribution is 2.05. The van der Waals surface area contributed by atoms with Crippen molar-refractivity contribution < 1.29 is 4.79 Å². The van der Waals surface area contributed by atoms with Crippen LogP contribution in [0.4, 0.5) is 0 Å². The molecule has 0 heterocycles. The molecule has 0 aromatic heterocycles. The van der Waals surface area contributed by atoms with E-state index in [0.717, 1.165) is 6.54 Å². The molecule has 0 rings (SSSR count). The topological polar surface area (TPSA) is 20.3 Å². The van der Waals surface area contributed by atoms with Crippen molar-refractivity contribution in [3.05, 3.63) is 0 Å². The van der Waals surface area contributed by atoms with Gasteiger partial charge in [-0.1, -0.05) is 33.6 Å². The number of ketones is 1. The molecule has 0 fully saturated rings. The van der Waals surface area contributed by atoms with E-state index in [2.05, 4.69) is 25.7 Å². The maximum absolute atomic E-state index is 11.6. The molecule has 0 spiro atoms. The molecule has 90 valence electrons. The van der Waals surface area contributed by atoms with Crippen LogP contribution in [0.1, 0.15) is 53.9 Å². The number of nitrogens with zero attached hydrogens (tertiary/aromatic N) is 1. The molecule has 0 atom stereocenters. The van der Waals surface area contributed by atoms with E-state index >= 15 is 0 Å². The molecule has 0 N–H and O–H groups in total. The Morgan fingerprint density at radius 2 is 1.73 bits per heavy atom. The minimum Gasteiger partial charge on any atom is -0.298 e. The first kappa shape index (κ1) is 14.6. The van der Waals surface area contributed by atoms with Crippen molar-refractivity contribution in [3.63, 3.8) is 0 Å². The first-order valence-electron chi connectivity index (χ1n) is 6.25. The Balaban J connectivity index is 3.99. The fourth-order valence-electron chi connectivity index (χ4n) is 1.47. The molecule has 0 saturated heterocycles. The van der Waals surface area contributed by atoms with E-state index in [1.165, 1.54) is 19.3 Å². The number of carbonyl (C=O) groups is 1. The first-order chi connectivity index (χ1) is 6.99. The fraction of sp³-hybridized carbons (Fsp3) is 0.923. The van der Waals surface area contributed by atoms with Crippen molar-refractivity contribution in [2.45, 2.75) is 59.9 Å². The number of Topliss-reactive ketones (excluding diaryl/α,β-unsaturated/α-hetero) is 1. The summed E-state index contributed by atoms with van der Waals surface area (Å²) in [6, 6.07) is 0.476. The molecular formula is C13H27NO. The number of hydrogen-bond acceptors (Lipinski definition) is 2. The Kier molecular flexibility index (Phi) is 7.67. The van der Waals surface area contributed by atoms with Gasteiger partial charge in [0.25, 0.3) is 0 Å². The lowest BCUT2D eigenvalue weighted by molar-refractivity contribution is -0.123. The van der Waals surface area contributed by atoms with Gasteiger partial charge in [0.15, 0.2) is 0 Å². The van der Waals surface area contributed by atoms with Crippen LogP contribution in [-0.2, 0) is 4.79 Å². The van der Waals surface area contributed by atoms with Crippen molar-refractivity contribution in [1.29, 1.82) is 0 Å². The molecule has 0 aromatic carbocycles. The lowest BCUT2D eigenvalue weighted by Gasteiger charge is -2.26. The van der Waals surface area contributed by atoms with E-state index in [1.807, 2.05) is 13.8 Å². The largest absolute Gasteiger partial charge is 0.298 e. The molecule has 0 radical (unpaired) electrons. The van der Waals surface area contributed by atoms with Crippen LogP contribution in [-0.4, -0.2) is 29.8 Å². The highest BCUT2D eigenvalue weighted by atomic mass is 16.1. The van der Waals surface area contributed by atoms with Crippen molar-refractivity contribution in [2.75, 3.05) is 13.1 Å². The second kappa shape index (κ2) is 7.86. The lowest BCUT2D eigenvalue weighted by atomic mass is 10.1. The highest BCUT2D eigenvalue weighted by Gasteiger charge is 2.15. The zero-order chi connectivity index (χ0) is 11.8. The van der Waals surface area contributed by atoms with Crippen molar-refractivity contribution in [1.82, 2.24) is 4.90 Å². The normalized spacial score (nSPS) is 11.7. The molecule has 0 saturated carbocycles. The average Bonchev–Trinajstić information content (AvgIpc) is 2.15. The summed E-state index contributed by atoms with van der Waals surface area (Å²) in [6.45, 7) is 12.2. The zero-order valence-electron chi connectivity index (χ0n) is 11.0. The van der Waals surface area contributed by atoms with Crippen LogP contribution in [0.2, 0.25) is 0 Å². The average molecular weight is 213 g/mol. The molecule has 15 heavy (non-hydrogen) atoms. The van der Waals surface area contributed by atoms with Crippen LogP contribution >= 0.6 is 0 Å². The van der Waals surface area contributed by atoms with Gasteiger partial charge in [-0.3, -0.25) is 9.69 Å². The quantitative estimate of drug-likeness (QED) is 0.577. The molecule has 2 nitrogen and oxygen atoms in total. The summed E-state index contributed by atoms with van der Waals surface area (Å²) < 4.78 is 0. The Bertz CT molecular complexity index is 175. The van der Waals surface area contributed by atoms with Crippen LogP contribution in [0, 0.1) is 5.92 Å². The van der Waals surface area contributed by atoms with E-state index in [4.69, 9.17) is 0 Å². The van der Waals surface area contributed by atoms with E-state index in [-0.39, 0.29) is 5.92 Å². The van der Waals surface area contributed by atoms with Crippen LogP contribution < -0.4 is 0 Å². The van der Waals surface area contributed by atoms with Gasteiger partial charge in [-0.25, -0.2) is 0 Å². The Morgan fingerprint density at radius 1 is 1.13 bits per heavy atom. The molecule has 2 heteroatoms. The summed E-state index contributed by atoms with van der Waals surface area (Å²) in [5.41, 5.74) is 0. The van der Waals surface area contributed by atoms with Gasteiger partial charge in [-0.2, -0.15) is 0 Å². The summed E-state index contributed by atoms with van der Waals surface area (Å²) in [7, 11) is 0. The van der Waals surface area contributed by atoms with Crippen molar-refractivity contribution in [3.8, 4) is 0 Å². The minimum absolute atomic E-state index is 0.164. The van der Waals surface area contributed by atoms with Crippen LogP contribution in [0.15, 0.2) is 0 Å². The Labute approximate surface area is 95.0 Å². The van der Waals surface area contributed by atoms with Gasteiger partial charge in [0.2, 0.25) is 0 Å². The summed E-state index contributed by atoms with van der Waals surface area (Å²) in [5, 5.41) is 0. The van der Waals surface area contributed by atoms with E-state index in [9.17, 15) is 4.79 Å². The highest BCUT2D eigenvalue weighted by molar-refractivity contribution is 5.82. The summed E-state index contributed by atoms with van der Waals surface area (Å²) in [6.07, 6.45) is 3.71. The summed E-state index contributed by atoms with van der Waals surface area (Å²) in [5.74, 6) is 0.526. The summed E-state index contributed by atoms with van der Waals surface area (Å²) in [4.78, 5) is 13.9. The smallest absolute Gasteiger partial charge is 0.149 e. The predicted octanol–water partition coefficient (Wildman–Crippen LogP) is 3.11. The molecule has 0 bridgehead atoms. The van der Waals surface area contributed by atoms with Gasteiger partial charge in [0.05, 0.1) is 6.54 Å². The SMILES string of the molecule is CCCCCN(CC(=O)C(C)C)C(C)C. The molecule has 0 aromatic rings. The second-order valence-electron chi connectivity index (χ2n) is 4.89. The lowest BCUT2D eigenvalue weighted by Crippen LogP contribution is -2.37. The third kappa shape index (κ3) is 6.67.